The van der Waals surface area contributed by atoms with Crippen LogP contribution >= 0.6 is 0 Å². The zero-order valence-corrected chi connectivity index (χ0v) is 10.9. The van der Waals surface area contributed by atoms with Crippen LogP contribution in [-0.4, -0.2) is 72.8 Å². The highest BCUT2D eigenvalue weighted by Crippen LogP contribution is 2.26. The molecule has 1 fully saturated rings. The van der Waals surface area contributed by atoms with Crippen LogP contribution in [0, 0.1) is 5.41 Å². The zero-order valence-electron chi connectivity index (χ0n) is 10.9. The lowest BCUT2D eigenvalue weighted by Gasteiger charge is -2.37. The number of amides is 2. The van der Waals surface area contributed by atoms with Gasteiger partial charge in [-0.25, -0.2) is 4.79 Å². The summed E-state index contributed by atoms with van der Waals surface area (Å²) in [5.41, 5.74) is -0.329. The average molecular weight is 229 g/mol. The van der Waals surface area contributed by atoms with E-state index >= 15 is 0 Å². The van der Waals surface area contributed by atoms with Crippen LogP contribution in [0.3, 0.4) is 0 Å². The first kappa shape index (κ1) is 13.3. The molecular weight excluding hydrogens is 206 g/mol. The summed E-state index contributed by atoms with van der Waals surface area (Å²) >= 11 is 0. The van der Waals surface area contributed by atoms with E-state index in [1.165, 1.54) is 0 Å². The molecule has 16 heavy (non-hydrogen) atoms. The van der Waals surface area contributed by atoms with Gasteiger partial charge in [0.05, 0.1) is 0 Å². The van der Waals surface area contributed by atoms with Gasteiger partial charge in [-0.15, -0.1) is 0 Å². The lowest BCUT2D eigenvalue weighted by molar-refractivity contribution is -0.0557. The second-order valence-corrected chi connectivity index (χ2v) is 5.50. The van der Waals surface area contributed by atoms with Gasteiger partial charge in [0, 0.05) is 32.1 Å². The molecule has 1 N–H and O–H groups in total. The minimum atomic E-state index is -0.729. The number of likely N-dealkylation sites (N-methyl/N-ethyl adjacent to an activating group) is 1. The van der Waals surface area contributed by atoms with Gasteiger partial charge in [0.25, 0.3) is 0 Å². The summed E-state index contributed by atoms with van der Waals surface area (Å²) in [5.74, 6) is 0. The fraction of sp³-hybridized carbons (Fsp3) is 0.909. The molecule has 0 saturated carbocycles. The largest absolute Gasteiger partial charge is 0.373 e. The van der Waals surface area contributed by atoms with Crippen molar-refractivity contribution in [3.63, 3.8) is 0 Å². The Morgan fingerprint density at radius 1 is 1.44 bits per heavy atom. The van der Waals surface area contributed by atoms with Crippen molar-refractivity contribution in [3.05, 3.63) is 0 Å². The fourth-order valence-corrected chi connectivity index (χ4v) is 2.21. The average Bonchev–Trinajstić information content (AvgIpc) is 2.44. The summed E-state index contributed by atoms with van der Waals surface area (Å²) in [5, 5.41) is 10.3. The van der Waals surface area contributed by atoms with Crippen molar-refractivity contribution in [2.24, 2.45) is 5.41 Å². The molecule has 1 saturated heterocycles. The van der Waals surface area contributed by atoms with Crippen molar-refractivity contribution < 1.29 is 9.90 Å². The van der Waals surface area contributed by atoms with Crippen molar-refractivity contribution in [1.82, 2.24) is 14.7 Å². The molecular formula is C11H23N3O2. The van der Waals surface area contributed by atoms with Crippen molar-refractivity contribution in [3.8, 4) is 0 Å². The molecule has 0 radical (unpaired) electrons. The van der Waals surface area contributed by atoms with Crippen LogP contribution < -0.4 is 0 Å². The summed E-state index contributed by atoms with van der Waals surface area (Å²) < 4.78 is 0. The maximum Gasteiger partial charge on any atom is 0.321 e. The maximum atomic E-state index is 11.8. The molecule has 1 unspecified atom stereocenters. The molecule has 0 bridgehead atoms. The molecule has 1 heterocycles. The Kier molecular flexibility index (Phi) is 3.80. The third-order valence-corrected chi connectivity index (χ3v) is 2.97. The van der Waals surface area contributed by atoms with Gasteiger partial charge in [-0.05, 0) is 14.1 Å². The summed E-state index contributed by atoms with van der Waals surface area (Å²) in [6.45, 7) is 5.98. The molecule has 1 aliphatic heterocycles. The summed E-state index contributed by atoms with van der Waals surface area (Å²) in [7, 11) is 5.69. The van der Waals surface area contributed by atoms with Gasteiger partial charge in [-0.1, -0.05) is 13.8 Å². The number of rotatable bonds is 4. The number of hydrogen-bond acceptors (Lipinski definition) is 3. The van der Waals surface area contributed by atoms with E-state index in [1.807, 2.05) is 32.8 Å². The highest BCUT2D eigenvalue weighted by Gasteiger charge is 2.39. The van der Waals surface area contributed by atoms with Gasteiger partial charge < -0.3 is 14.9 Å². The molecule has 0 aromatic rings. The first-order valence-corrected chi connectivity index (χ1v) is 5.60. The lowest BCUT2D eigenvalue weighted by Crippen LogP contribution is -2.50. The van der Waals surface area contributed by atoms with Gasteiger partial charge in [0.2, 0.25) is 0 Å². The molecule has 2 amide bonds. The topological polar surface area (TPSA) is 47.0 Å². The normalized spacial score (nSPS) is 19.8. The predicted molar refractivity (Wildman–Crippen MR) is 63.1 cm³/mol. The van der Waals surface area contributed by atoms with Crippen LogP contribution in [0.4, 0.5) is 4.79 Å². The Morgan fingerprint density at radius 2 is 2.00 bits per heavy atom. The van der Waals surface area contributed by atoms with Crippen LogP contribution in [0.1, 0.15) is 13.8 Å². The Hall–Kier alpha value is -0.810. The minimum absolute atomic E-state index is 0.0840. The highest BCUT2D eigenvalue weighted by molar-refractivity contribution is 5.76. The number of carbonyl (C=O) groups is 1. The Balaban J connectivity index is 2.70. The van der Waals surface area contributed by atoms with Gasteiger partial charge in [-0.2, -0.15) is 0 Å². The third kappa shape index (κ3) is 2.65. The van der Waals surface area contributed by atoms with Crippen LogP contribution in [-0.2, 0) is 0 Å². The molecule has 5 nitrogen and oxygen atoms in total. The zero-order chi connectivity index (χ0) is 12.5. The standard InChI is InChI=1S/C11H23N3O2/c1-11(2,8-12(3)4)9(15)14-7-6-13(5)10(14)16/h9,15H,6-8H2,1-5H3. The molecule has 0 spiro atoms. The number of nitrogens with zero attached hydrogens (tertiary/aromatic N) is 3. The highest BCUT2D eigenvalue weighted by atomic mass is 16.3. The third-order valence-electron chi connectivity index (χ3n) is 2.97. The van der Waals surface area contributed by atoms with Crippen molar-refractivity contribution in [2.75, 3.05) is 40.8 Å². The van der Waals surface area contributed by atoms with Gasteiger partial charge in [-0.3, -0.25) is 4.90 Å². The number of hydrogen-bond donors (Lipinski definition) is 1. The smallest absolute Gasteiger partial charge is 0.321 e. The van der Waals surface area contributed by atoms with Crippen molar-refractivity contribution in [1.29, 1.82) is 0 Å². The summed E-state index contributed by atoms with van der Waals surface area (Å²) in [6.07, 6.45) is -0.729. The first-order valence-electron chi connectivity index (χ1n) is 5.60. The van der Waals surface area contributed by atoms with Gasteiger partial charge >= 0.3 is 6.03 Å². The predicted octanol–water partition coefficient (Wildman–Crippen LogP) is 0.260. The molecule has 0 aromatic carbocycles. The second kappa shape index (κ2) is 4.59. The Bertz CT molecular complexity index is 266. The summed E-state index contributed by atoms with van der Waals surface area (Å²) in [6, 6.07) is -0.0840. The Labute approximate surface area is 97.6 Å². The summed E-state index contributed by atoms with van der Waals surface area (Å²) in [4.78, 5) is 17.0. The van der Waals surface area contributed by atoms with Crippen molar-refractivity contribution >= 4 is 6.03 Å². The number of aliphatic hydroxyl groups is 1. The molecule has 1 atom stereocenters. The minimum Gasteiger partial charge on any atom is -0.373 e. The van der Waals surface area contributed by atoms with E-state index < -0.39 is 6.23 Å². The molecule has 1 rings (SSSR count). The molecule has 5 heteroatoms. The van der Waals surface area contributed by atoms with E-state index in [2.05, 4.69) is 0 Å². The van der Waals surface area contributed by atoms with E-state index in [4.69, 9.17) is 0 Å². The first-order chi connectivity index (χ1) is 7.25. The van der Waals surface area contributed by atoms with Crippen LogP contribution in [0.25, 0.3) is 0 Å². The van der Waals surface area contributed by atoms with E-state index in [1.54, 1.807) is 16.8 Å². The Morgan fingerprint density at radius 3 is 2.38 bits per heavy atom. The molecule has 1 aliphatic rings. The SMILES string of the molecule is CN(C)CC(C)(C)C(O)N1CCN(C)C1=O. The van der Waals surface area contributed by atoms with E-state index in [0.29, 0.717) is 13.1 Å². The lowest BCUT2D eigenvalue weighted by atomic mass is 9.90. The maximum absolute atomic E-state index is 11.8. The van der Waals surface area contributed by atoms with E-state index in [9.17, 15) is 9.90 Å². The number of aliphatic hydroxyl groups excluding tert-OH is 1. The monoisotopic (exact) mass is 229 g/mol. The fourth-order valence-electron chi connectivity index (χ4n) is 2.21. The quantitative estimate of drug-likeness (QED) is 0.752. The van der Waals surface area contributed by atoms with E-state index in [-0.39, 0.29) is 11.4 Å². The number of carbonyl (C=O) groups excluding carboxylic acids is 1. The number of urea groups is 1. The molecule has 0 aromatic heterocycles. The van der Waals surface area contributed by atoms with Crippen molar-refractivity contribution in [2.45, 2.75) is 20.1 Å². The van der Waals surface area contributed by atoms with Gasteiger partial charge in [0.1, 0.15) is 6.23 Å². The molecule has 0 aliphatic carbocycles. The van der Waals surface area contributed by atoms with Crippen LogP contribution in [0.5, 0.6) is 0 Å². The second-order valence-electron chi connectivity index (χ2n) is 5.50. The van der Waals surface area contributed by atoms with Crippen LogP contribution in [0.2, 0.25) is 0 Å². The van der Waals surface area contributed by atoms with Crippen LogP contribution in [0.15, 0.2) is 0 Å². The van der Waals surface area contributed by atoms with Gasteiger partial charge in [0.15, 0.2) is 0 Å². The van der Waals surface area contributed by atoms with E-state index in [0.717, 1.165) is 6.54 Å². The molecule has 94 valence electrons.